The first-order chi connectivity index (χ1) is 5.70. The van der Waals surface area contributed by atoms with Crippen molar-refractivity contribution in [3.8, 4) is 0 Å². The standard InChI is InChI=1S/C11H15N/c1-9(2)10(3)8-11-6-4-5-7-12-11/h4-9H,1-3H3/b10-8+. The SMILES string of the molecule is C/C(=C\c1ccccn1)C(C)C. The van der Waals surface area contributed by atoms with Crippen LogP contribution >= 0.6 is 0 Å². The van der Waals surface area contributed by atoms with E-state index in [0.717, 1.165) is 5.69 Å². The molecule has 1 aromatic rings. The number of rotatable bonds is 2. The molecule has 1 nitrogen and oxygen atoms in total. The summed E-state index contributed by atoms with van der Waals surface area (Å²) in [6, 6.07) is 5.96. The van der Waals surface area contributed by atoms with Crippen LogP contribution in [0.2, 0.25) is 0 Å². The maximum absolute atomic E-state index is 4.22. The van der Waals surface area contributed by atoms with E-state index >= 15 is 0 Å². The van der Waals surface area contributed by atoms with E-state index < -0.39 is 0 Å². The summed E-state index contributed by atoms with van der Waals surface area (Å²) in [4.78, 5) is 4.22. The van der Waals surface area contributed by atoms with Gasteiger partial charge in [-0.05, 0) is 31.1 Å². The lowest BCUT2D eigenvalue weighted by Gasteiger charge is -2.03. The Labute approximate surface area is 74.2 Å². The number of pyridine rings is 1. The molecular weight excluding hydrogens is 146 g/mol. The Morgan fingerprint density at radius 2 is 2.17 bits per heavy atom. The van der Waals surface area contributed by atoms with E-state index in [0.29, 0.717) is 5.92 Å². The monoisotopic (exact) mass is 161 g/mol. The van der Waals surface area contributed by atoms with E-state index in [1.54, 1.807) is 0 Å². The topological polar surface area (TPSA) is 12.9 Å². The molecule has 64 valence electrons. The predicted molar refractivity (Wildman–Crippen MR) is 52.7 cm³/mol. The number of nitrogens with zero attached hydrogens (tertiary/aromatic N) is 1. The lowest BCUT2D eigenvalue weighted by Crippen LogP contribution is -1.89. The zero-order valence-electron chi connectivity index (χ0n) is 7.91. The summed E-state index contributed by atoms with van der Waals surface area (Å²) in [6.07, 6.45) is 3.95. The fourth-order valence-electron chi connectivity index (χ4n) is 0.861. The first kappa shape index (κ1) is 8.98. The summed E-state index contributed by atoms with van der Waals surface area (Å²) in [6.45, 7) is 6.52. The molecule has 0 bridgehead atoms. The van der Waals surface area contributed by atoms with Crippen LogP contribution in [0.1, 0.15) is 26.5 Å². The predicted octanol–water partition coefficient (Wildman–Crippen LogP) is 3.14. The number of hydrogen-bond acceptors (Lipinski definition) is 1. The molecule has 12 heavy (non-hydrogen) atoms. The summed E-state index contributed by atoms with van der Waals surface area (Å²) in [5.41, 5.74) is 2.41. The van der Waals surface area contributed by atoms with Crippen LogP contribution in [0.3, 0.4) is 0 Å². The van der Waals surface area contributed by atoms with Crippen LogP contribution in [0.15, 0.2) is 30.0 Å². The van der Waals surface area contributed by atoms with Gasteiger partial charge in [0.25, 0.3) is 0 Å². The van der Waals surface area contributed by atoms with Crippen LogP contribution in [0, 0.1) is 5.92 Å². The van der Waals surface area contributed by atoms with Crippen molar-refractivity contribution in [1.82, 2.24) is 4.98 Å². The second kappa shape index (κ2) is 4.05. The van der Waals surface area contributed by atoms with Crippen molar-refractivity contribution in [3.05, 3.63) is 35.7 Å². The quantitative estimate of drug-likeness (QED) is 0.649. The van der Waals surface area contributed by atoms with Gasteiger partial charge in [0.2, 0.25) is 0 Å². The van der Waals surface area contributed by atoms with E-state index in [2.05, 4.69) is 31.8 Å². The van der Waals surface area contributed by atoms with Crippen LogP contribution in [-0.4, -0.2) is 4.98 Å². The first-order valence-corrected chi connectivity index (χ1v) is 4.29. The minimum absolute atomic E-state index is 0.604. The molecule has 0 saturated heterocycles. The summed E-state index contributed by atoms with van der Waals surface area (Å²) in [5.74, 6) is 0.604. The molecule has 0 aliphatic rings. The first-order valence-electron chi connectivity index (χ1n) is 4.29. The fraction of sp³-hybridized carbons (Fsp3) is 0.364. The van der Waals surface area contributed by atoms with Gasteiger partial charge < -0.3 is 0 Å². The average Bonchev–Trinajstić information content (AvgIpc) is 2.06. The second-order valence-electron chi connectivity index (χ2n) is 3.30. The highest BCUT2D eigenvalue weighted by Crippen LogP contribution is 2.11. The van der Waals surface area contributed by atoms with Crippen molar-refractivity contribution in [3.63, 3.8) is 0 Å². The maximum atomic E-state index is 4.22. The van der Waals surface area contributed by atoms with Gasteiger partial charge >= 0.3 is 0 Å². The van der Waals surface area contributed by atoms with Crippen molar-refractivity contribution in [1.29, 1.82) is 0 Å². The maximum Gasteiger partial charge on any atom is 0.0629 e. The molecule has 0 aliphatic heterocycles. The zero-order chi connectivity index (χ0) is 8.97. The summed E-state index contributed by atoms with van der Waals surface area (Å²) < 4.78 is 0. The summed E-state index contributed by atoms with van der Waals surface area (Å²) in [5, 5.41) is 0. The van der Waals surface area contributed by atoms with Crippen molar-refractivity contribution in [2.45, 2.75) is 20.8 Å². The smallest absolute Gasteiger partial charge is 0.0629 e. The van der Waals surface area contributed by atoms with Gasteiger partial charge in [-0.1, -0.05) is 25.5 Å². The number of hydrogen-bond donors (Lipinski definition) is 0. The molecule has 0 saturated carbocycles. The molecule has 1 heterocycles. The van der Waals surface area contributed by atoms with Crippen molar-refractivity contribution < 1.29 is 0 Å². The number of allylic oxidation sites excluding steroid dienone is 1. The van der Waals surface area contributed by atoms with Gasteiger partial charge in [0, 0.05) is 6.20 Å². The lowest BCUT2D eigenvalue weighted by atomic mass is 10.0. The Morgan fingerprint density at radius 3 is 2.67 bits per heavy atom. The summed E-state index contributed by atoms with van der Waals surface area (Å²) >= 11 is 0. The average molecular weight is 161 g/mol. The lowest BCUT2D eigenvalue weighted by molar-refractivity contribution is 0.775. The van der Waals surface area contributed by atoms with Gasteiger partial charge in [-0.3, -0.25) is 4.98 Å². The largest absolute Gasteiger partial charge is 0.257 e. The highest BCUT2D eigenvalue weighted by Gasteiger charge is 1.95. The Bertz CT molecular complexity index is 260. The molecular formula is C11H15N. The van der Waals surface area contributed by atoms with E-state index in [9.17, 15) is 0 Å². The van der Waals surface area contributed by atoms with Gasteiger partial charge in [-0.25, -0.2) is 0 Å². The van der Waals surface area contributed by atoms with Crippen LogP contribution < -0.4 is 0 Å². The molecule has 0 fully saturated rings. The van der Waals surface area contributed by atoms with Gasteiger partial charge in [0.1, 0.15) is 0 Å². The molecule has 0 N–H and O–H groups in total. The third kappa shape index (κ3) is 2.50. The van der Waals surface area contributed by atoms with Crippen LogP contribution in [-0.2, 0) is 0 Å². The fourth-order valence-corrected chi connectivity index (χ4v) is 0.861. The van der Waals surface area contributed by atoms with Crippen molar-refractivity contribution in [2.75, 3.05) is 0 Å². The van der Waals surface area contributed by atoms with Crippen LogP contribution in [0.25, 0.3) is 6.08 Å². The molecule has 0 amide bonds. The van der Waals surface area contributed by atoms with E-state index in [-0.39, 0.29) is 0 Å². The second-order valence-corrected chi connectivity index (χ2v) is 3.30. The van der Waals surface area contributed by atoms with Crippen molar-refractivity contribution in [2.24, 2.45) is 5.92 Å². The molecule has 0 aliphatic carbocycles. The Hall–Kier alpha value is -1.11. The molecule has 0 spiro atoms. The van der Waals surface area contributed by atoms with Crippen LogP contribution in [0.5, 0.6) is 0 Å². The minimum atomic E-state index is 0.604. The van der Waals surface area contributed by atoms with Gasteiger partial charge in [-0.15, -0.1) is 0 Å². The molecule has 0 radical (unpaired) electrons. The molecule has 1 rings (SSSR count). The highest BCUT2D eigenvalue weighted by atomic mass is 14.6. The zero-order valence-corrected chi connectivity index (χ0v) is 7.91. The van der Waals surface area contributed by atoms with Crippen LogP contribution in [0.4, 0.5) is 0 Å². The molecule has 0 aromatic carbocycles. The third-order valence-electron chi connectivity index (χ3n) is 1.97. The highest BCUT2D eigenvalue weighted by molar-refractivity contribution is 5.48. The van der Waals surface area contributed by atoms with E-state index in [1.807, 2.05) is 24.4 Å². The minimum Gasteiger partial charge on any atom is -0.257 e. The Balaban J connectivity index is 2.81. The molecule has 1 heteroatoms. The number of aromatic nitrogens is 1. The van der Waals surface area contributed by atoms with Gasteiger partial charge in [-0.2, -0.15) is 0 Å². The van der Waals surface area contributed by atoms with Gasteiger partial charge in [0.05, 0.1) is 5.69 Å². The third-order valence-corrected chi connectivity index (χ3v) is 1.97. The summed E-state index contributed by atoms with van der Waals surface area (Å²) in [7, 11) is 0. The van der Waals surface area contributed by atoms with Crippen molar-refractivity contribution >= 4 is 6.08 Å². The molecule has 0 unspecified atom stereocenters. The van der Waals surface area contributed by atoms with E-state index in [4.69, 9.17) is 0 Å². The Kier molecular flexibility index (Phi) is 3.03. The Morgan fingerprint density at radius 1 is 1.42 bits per heavy atom. The molecule has 1 aromatic heterocycles. The normalized spacial score (nSPS) is 12.2. The van der Waals surface area contributed by atoms with Gasteiger partial charge in [0.15, 0.2) is 0 Å². The molecule has 0 atom stereocenters. The van der Waals surface area contributed by atoms with E-state index in [1.165, 1.54) is 5.57 Å².